The molecule has 1 aromatic carbocycles. The molecule has 1 aromatic rings. The molecule has 0 fully saturated rings. The molecule has 0 aromatic heterocycles. The molecule has 0 aliphatic rings. The van der Waals surface area contributed by atoms with Crippen molar-refractivity contribution in [1.82, 2.24) is 0 Å². The molecule has 0 aliphatic heterocycles. The second-order valence-electron chi connectivity index (χ2n) is 5.18. The zero-order valence-electron chi connectivity index (χ0n) is 12.8. The van der Waals surface area contributed by atoms with E-state index in [0.29, 0.717) is 5.56 Å². The topological polar surface area (TPSA) is 57.6 Å². The van der Waals surface area contributed by atoms with E-state index in [-0.39, 0.29) is 11.7 Å². The molecule has 4 heteroatoms. The Labute approximate surface area is 125 Å². The summed E-state index contributed by atoms with van der Waals surface area (Å²) in [6, 6.07) is 7.43. The van der Waals surface area contributed by atoms with E-state index in [1.165, 1.54) is 6.08 Å². The van der Waals surface area contributed by atoms with Crippen LogP contribution in [-0.2, 0) is 4.79 Å². The van der Waals surface area contributed by atoms with Gasteiger partial charge < -0.3 is 10.0 Å². The molecular formula is C17H21NO3. The van der Waals surface area contributed by atoms with Crippen LogP contribution in [-0.4, -0.2) is 31.0 Å². The number of anilines is 1. The van der Waals surface area contributed by atoms with Crippen molar-refractivity contribution in [1.29, 1.82) is 0 Å². The van der Waals surface area contributed by atoms with Crippen LogP contribution in [0.15, 0.2) is 48.1 Å². The van der Waals surface area contributed by atoms with Crippen molar-refractivity contribution in [3.05, 3.63) is 53.6 Å². The average molecular weight is 287 g/mol. The highest BCUT2D eigenvalue weighted by molar-refractivity contribution is 5.99. The van der Waals surface area contributed by atoms with E-state index in [4.69, 9.17) is 5.11 Å². The highest BCUT2D eigenvalue weighted by Crippen LogP contribution is 2.16. The summed E-state index contributed by atoms with van der Waals surface area (Å²) in [6.07, 6.45) is 4.32. The molecule has 1 N–H and O–H groups in total. The lowest BCUT2D eigenvalue weighted by Gasteiger charge is -2.13. The minimum atomic E-state index is -0.999. The lowest BCUT2D eigenvalue weighted by Crippen LogP contribution is -2.11. The lowest BCUT2D eigenvalue weighted by molar-refractivity contribution is -0.131. The zero-order valence-corrected chi connectivity index (χ0v) is 12.8. The number of benzene rings is 1. The number of allylic oxidation sites excluding steroid dienone is 3. The van der Waals surface area contributed by atoms with Crippen LogP contribution in [0.5, 0.6) is 0 Å². The number of rotatable bonds is 6. The maximum absolute atomic E-state index is 12.3. The Morgan fingerprint density at radius 3 is 2.19 bits per heavy atom. The van der Waals surface area contributed by atoms with E-state index in [2.05, 4.69) is 0 Å². The number of carboxylic acid groups (broad SMARTS) is 1. The van der Waals surface area contributed by atoms with Crippen LogP contribution in [0.25, 0.3) is 0 Å². The number of Topliss-reactive ketones (excluding diaryl/α,β-unsaturated/α-hetero) is 1. The van der Waals surface area contributed by atoms with E-state index >= 15 is 0 Å². The summed E-state index contributed by atoms with van der Waals surface area (Å²) in [5, 5.41) is 8.57. The van der Waals surface area contributed by atoms with Gasteiger partial charge in [0.25, 0.3) is 0 Å². The predicted octanol–water partition coefficient (Wildman–Crippen LogP) is 3.16. The maximum atomic E-state index is 12.3. The standard InChI is InChI=1S/C17H21NO3/c1-12(5-10-16(19)20)11-13(2)17(21)14-6-8-15(9-7-14)18(3)4/h5-11,13H,1-4H3,(H,19,20)/t13-/m0/s1. The van der Waals surface area contributed by atoms with Crippen molar-refractivity contribution in [3.63, 3.8) is 0 Å². The number of aliphatic carboxylic acids is 1. The summed E-state index contributed by atoms with van der Waals surface area (Å²) in [7, 11) is 3.89. The Hall–Kier alpha value is -2.36. The zero-order chi connectivity index (χ0) is 16.0. The van der Waals surface area contributed by atoms with E-state index in [9.17, 15) is 9.59 Å². The molecular weight excluding hydrogens is 266 g/mol. The third-order valence-electron chi connectivity index (χ3n) is 3.08. The van der Waals surface area contributed by atoms with Gasteiger partial charge in [-0.1, -0.05) is 24.6 Å². The smallest absolute Gasteiger partial charge is 0.328 e. The fourth-order valence-corrected chi connectivity index (χ4v) is 1.92. The number of hydrogen-bond acceptors (Lipinski definition) is 3. The van der Waals surface area contributed by atoms with Crippen LogP contribution < -0.4 is 4.90 Å². The molecule has 0 aliphatic carbocycles. The number of carbonyl (C=O) groups excluding carboxylic acids is 1. The maximum Gasteiger partial charge on any atom is 0.328 e. The minimum Gasteiger partial charge on any atom is -0.478 e. The van der Waals surface area contributed by atoms with Crippen LogP contribution in [0.4, 0.5) is 5.69 Å². The van der Waals surface area contributed by atoms with E-state index in [0.717, 1.165) is 17.3 Å². The van der Waals surface area contributed by atoms with Crippen LogP contribution in [0.1, 0.15) is 24.2 Å². The lowest BCUT2D eigenvalue weighted by atomic mass is 9.97. The highest BCUT2D eigenvalue weighted by atomic mass is 16.4. The van der Waals surface area contributed by atoms with Gasteiger partial charge in [-0.15, -0.1) is 0 Å². The van der Waals surface area contributed by atoms with Gasteiger partial charge in [0, 0.05) is 37.3 Å². The summed E-state index contributed by atoms with van der Waals surface area (Å²) in [4.78, 5) is 24.7. The molecule has 1 atom stereocenters. The van der Waals surface area contributed by atoms with Crippen molar-refractivity contribution in [2.75, 3.05) is 19.0 Å². The molecule has 0 radical (unpaired) electrons. The van der Waals surface area contributed by atoms with Crippen molar-refractivity contribution in [2.24, 2.45) is 5.92 Å². The quantitative estimate of drug-likeness (QED) is 0.496. The molecule has 112 valence electrons. The van der Waals surface area contributed by atoms with Crippen molar-refractivity contribution < 1.29 is 14.7 Å². The number of carbonyl (C=O) groups is 2. The largest absolute Gasteiger partial charge is 0.478 e. The van der Waals surface area contributed by atoms with Crippen LogP contribution >= 0.6 is 0 Å². The first-order valence-corrected chi connectivity index (χ1v) is 6.72. The molecule has 0 spiro atoms. The third-order valence-corrected chi connectivity index (χ3v) is 3.08. The Bertz CT molecular complexity index is 568. The van der Waals surface area contributed by atoms with Crippen LogP contribution in [0.2, 0.25) is 0 Å². The van der Waals surface area contributed by atoms with Gasteiger partial charge in [0.15, 0.2) is 5.78 Å². The Morgan fingerprint density at radius 2 is 1.71 bits per heavy atom. The third kappa shape index (κ3) is 5.26. The molecule has 0 amide bonds. The molecule has 21 heavy (non-hydrogen) atoms. The monoisotopic (exact) mass is 287 g/mol. The fourth-order valence-electron chi connectivity index (χ4n) is 1.92. The second kappa shape index (κ2) is 7.43. The summed E-state index contributed by atoms with van der Waals surface area (Å²) in [5.74, 6) is -1.28. The first-order chi connectivity index (χ1) is 9.81. The Balaban J connectivity index is 2.82. The summed E-state index contributed by atoms with van der Waals surface area (Å²) >= 11 is 0. The summed E-state index contributed by atoms with van der Waals surface area (Å²) < 4.78 is 0. The second-order valence-corrected chi connectivity index (χ2v) is 5.18. The molecule has 0 saturated heterocycles. The van der Waals surface area contributed by atoms with Crippen LogP contribution in [0, 0.1) is 5.92 Å². The first-order valence-electron chi connectivity index (χ1n) is 6.72. The van der Waals surface area contributed by atoms with Gasteiger partial charge in [0.05, 0.1) is 0 Å². The number of nitrogens with zero attached hydrogens (tertiary/aromatic N) is 1. The minimum absolute atomic E-state index is 0.0170. The van der Waals surface area contributed by atoms with E-state index < -0.39 is 5.97 Å². The summed E-state index contributed by atoms with van der Waals surface area (Å²) in [6.45, 7) is 3.58. The van der Waals surface area contributed by atoms with Gasteiger partial charge in [0.1, 0.15) is 0 Å². The van der Waals surface area contributed by atoms with Gasteiger partial charge in [0.2, 0.25) is 0 Å². The first kappa shape index (κ1) is 16.7. The van der Waals surface area contributed by atoms with E-state index in [1.54, 1.807) is 19.9 Å². The van der Waals surface area contributed by atoms with Crippen molar-refractivity contribution >= 4 is 17.4 Å². The molecule has 1 rings (SSSR count). The number of carboxylic acids is 1. The normalized spacial score (nSPS) is 13.2. The number of ketones is 1. The van der Waals surface area contributed by atoms with Gasteiger partial charge in [-0.3, -0.25) is 4.79 Å². The molecule has 4 nitrogen and oxygen atoms in total. The van der Waals surface area contributed by atoms with Gasteiger partial charge in [-0.05, 0) is 31.2 Å². The summed E-state index contributed by atoms with van der Waals surface area (Å²) in [5.41, 5.74) is 2.44. The SMILES string of the molecule is CC(C=CC(=O)O)=C[C@H](C)C(=O)c1ccc(N(C)C)cc1. The Kier molecular flexibility index (Phi) is 5.91. The van der Waals surface area contributed by atoms with Gasteiger partial charge >= 0.3 is 5.97 Å². The van der Waals surface area contributed by atoms with Crippen LogP contribution in [0.3, 0.4) is 0 Å². The fraction of sp³-hybridized carbons (Fsp3) is 0.294. The predicted molar refractivity (Wildman–Crippen MR) is 84.8 cm³/mol. The Morgan fingerprint density at radius 1 is 1.14 bits per heavy atom. The van der Waals surface area contributed by atoms with Gasteiger partial charge in [-0.25, -0.2) is 4.79 Å². The highest BCUT2D eigenvalue weighted by Gasteiger charge is 2.13. The molecule has 0 heterocycles. The molecule has 0 saturated carbocycles. The van der Waals surface area contributed by atoms with Crippen molar-refractivity contribution in [2.45, 2.75) is 13.8 Å². The molecule has 0 unspecified atom stereocenters. The van der Waals surface area contributed by atoms with Gasteiger partial charge in [-0.2, -0.15) is 0 Å². The van der Waals surface area contributed by atoms with E-state index in [1.807, 2.05) is 43.3 Å². The average Bonchev–Trinajstić information content (AvgIpc) is 2.44. The molecule has 0 bridgehead atoms. The van der Waals surface area contributed by atoms with Crippen molar-refractivity contribution in [3.8, 4) is 0 Å². The number of hydrogen-bond donors (Lipinski definition) is 1.